The minimum absolute atomic E-state index is 0.126. The maximum atomic E-state index is 11.7. The van der Waals surface area contributed by atoms with Crippen LogP contribution in [0.5, 0.6) is 0 Å². The van der Waals surface area contributed by atoms with Gasteiger partial charge in [-0.2, -0.15) is 0 Å². The molecule has 0 atom stereocenters. The smallest absolute Gasteiger partial charge is 0.226 e. The highest BCUT2D eigenvalue weighted by molar-refractivity contribution is 6.31. The Kier molecular flexibility index (Phi) is 6.67. The monoisotopic (exact) mass is 284 g/mol. The van der Waals surface area contributed by atoms with Gasteiger partial charge in [0.05, 0.1) is 24.4 Å². The number of anilines is 2. The number of halogens is 1. The number of ether oxygens (including phenoxy) is 1. The minimum Gasteiger partial charge on any atom is -0.397 e. The van der Waals surface area contributed by atoms with Gasteiger partial charge in [-0.25, -0.2) is 0 Å². The highest BCUT2D eigenvalue weighted by atomic mass is 35.5. The van der Waals surface area contributed by atoms with Crippen LogP contribution in [0, 0.1) is 5.92 Å². The largest absolute Gasteiger partial charge is 0.397 e. The quantitative estimate of drug-likeness (QED) is 0.596. The van der Waals surface area contributed by atoms with E-state index in [2.05, 4.69) is 19.2 Å². The Morgan fingerprint density at radius 3 is 2.84 bits per heavy atom. The van der Waals surface area contributed by atoms with Crippen molar-refractivity contribution in [3.05, 3.63) is 23.2 Å². The molecule has 0 saturated carbocycles. The third-order valence-electron chi connectivity index (χ3n) is 2.60. The summed E-state index contributed by atoms with van der Waals surface area (Å²) < 4.78 is 5.39. The van der Waals surface area contributed by atoms with E-state index in [1.807, 2.05) is 0 Å². The molecule has 19 heavy (non-hydrogen) atoms. The number of nitrogens with two attached hydrogens (primary N) is 1. The molecule has 0 spiro atoms. The Morgan fingerprint density at radius 2 is 2.16 bits per heavy atom. The first-order chi connectivity index (χ1) is 8.99. The molecule has 1 aromatic rings. The van der Waals surface area contributed by atoms with Gasteiger partial charge >= 0.3 is 0 Å². The lowest BCUT2D eigenvalue weighted by Crippen LogP contribution is -2.15. The van der Waals surface area contributed by atoms with Crippen LogP contribution in [0.4, 0.5) is 11.4 Å². The molecule has 0 aliphatic rings. The molecule has 3 N–H and O–H groups in total. The van der Waals surface area contributed by atoms with Gasteiger partial charge in [0, 0.05) is 11.6 Å². The molecule has 0 fully saturated rings. The third kappa shape index (κ3) is 6.45. The fraction of sp³-hybridized carbons (Fsp3) is 0.500. The highest BCUT2D eigenvalue weighted by Crippen LogP contribution is 2.22. The molecule has 0 aliphatic heterocycles. The first-order valence-corrected chi connectivity index (χ1v) is 6.79. The van der Waals surface area contributed by atoms with E-state index in [1.54, 1.807) is 18.2 Å². The summed E-state index contributed by atoms with van der Waals surface area (Å²) in [5.41, 5.74) is 6.78. The summed E-state index contributed by atoms with van der Waals surface area (Å²) in [7, 11) is 0. The molecular formula is C14H21ClN2O2. The van der Waals surface area contributed by atoms with Crippen LogP contribution in [0.15, 0.2) is 18.2 Å². The molecule has 106 valence electrons. The summed E-state index contributed by atoms with van der Waals surface area (Å²) >= 11 is 5.84. The summed E-state index contributed by atoms with van der Waals surface area (Å²) in [6.45, 7) is 5.37. The Labute approximate surface area is 119 Å². The molecular weight excluding hydrogens is 264 g/mol. The summed E-state index contributed by atoms with van der Waals surface area (Å²) in [4.78, 5) is 11.7. The van der Waals surface area contributed by atoms with Crippen molar-refractivity contribution in [1.82, 2.24) is 0 Å². The predicted molar refractivity (Wildman–Crippen MR) is 79.4 cm³/mol. The summed E-state index contributed by atoms with van der Waals surface area (Å²) in [6, 6.07) is 4.98. The molecule has 4 nitrogen and oxygen atoms in total. The Hall–Kier alpha value is -1.26. The molecule has 0 unspecified atom stereocenters. The van der Waals surface area contributed by atoms with E-state index < -0.39 is 0 Å². The second-order valence-corrected chi connectivity index (χ2v) is 5.26. The number of benzene rings is 1. The van der Waals surface area contributed by atoms with Gasteiger partial charge in [0.1, 0.15) is 0 Å². The number of rotatable bonds is 7. The summed E-state index contributed by atoms with van der Waals surface area (Å²) in [5.74, 6) is 0.485. The van der Waals surface area contributed by atoms with Crippen molar-refractivity contribution in [2.75, 3.05) is 24.3 Å². The van der Waals surface area contributed by atoms with Gasteiger partial charge in [-0.05, 0) is 30.5 Å². The van der Waals surface area contributed by atoms with Crippen molar-refractivity contribution >= 4 is 28.9 Å². The van der Waals surface area contributed by atoms with Crippen molar-refractivity contribution < 1.29 is 9.53 Å². The molecule has 5 heteroatoms. The van der Waals surface area contributed by atoms with Gasteiger partial charge in [0.15, 0.2) is 0 Å². The molecule has 1 amide bonds. The molecule has 0 radical (unpaired) electrons. The van der Waals surface area contributed by atoms with Crippen LogP contribution in [-0.2, 0) is 9.53 Å². The third-order valence-corrected chi connectivity index (χ3v) is 2.84. The molecule has 0 aromatic heterocycles. The molecule has 0 heterocycles. The summed E-state index contributed by atoms with van der Waals surface area (Å²) in [6.07, 6.45) is 1.31. The van der Waals surface area contributed by atoms with E-state index in [0.29, 0.717) is 41.9 Å². The lowest BCUT2D eigenvalue weighted by Gasteiger charge is -2.09. The maximum absolute atomic E-state index is 11.7. The average Bonchev–Trinajstić information content (AvgIpc) is 2.33. The van der Waals surface area contributed by atoms with Crippen LogP contribution < -0.4 is 11.1 Å². The summed E-state index contributed by atoms with van der Waals surface area (Å²) in [5, 5.41) is 3.26. The van der Waals surface area contributed by atoms with Crippen LogP contribution in [0.3, 0.4) is 0 Å². The van der Waals surface area contributed by atoms with Gasteiger partial charge in [-0.3, -0.25) is 4.79 Å². The predicted octanol–water partition coefficient (Wildman–Crippen LogP) is 3.31. The van der Waals surface area contributed by atoms with Crippen LogP contribution in [-0.4, -0.2) is 19.1 Å². The number of nitrogens with one attached hydrogen (secondary N) is 1. The Balaban J connectivity index is 2.29. The second kappa shape index (κ2) is 8.02. The number of carbonyl (C=O) groups is 1. The van der Waals surface area contributed by atoms with E-state index in [0.717, 1.165) is 6.42 Å². The van der Waals surface area contributed by atoms with Crippen molar-refractivity contribution in [2.24, 2.45) is 5.92 Å². The average molecular weight is 285 g/mol. The first kappa shape index (κ1) is 15.8. The van der Waals surface area contributed by atoms with Crippen LogP contribution in [0.1, 0.15) is 26.7 Å². The van der Waals surface area contributed by atoms with E-state index in [4.69, 9.17) is 22.1 Å². The fourth-order valence-electron chi connectivity index (χ4n) is 1.44. The van der Waals surface area contributed by atoms with Crippen molar-refractivity contribution in [2.45, 2.75) is 26.7 Å². The van der Waals surface area contributed by atoms with Crippen LogP contribution in [0.2, 0.25) is 5.02 Å². The lowest BCUT2D eigenvalue weighted by molar-refractivity contribution is -0.117. The highest BCUT2D eigenvalue weighted by Gasteiger charge is 2.06. The minimum atomic E-state index is -0.126. The molecule has 1 rings (SSSR count). The second-order valence-electron chi connectivity index (χ2n) is 4.82. The number of carbonyl (C=O) groups excluding carboxylic acids is 1. The van der Waals surface area contributed by atoms with Gasteiger partial charge in [0.2, 0.25) is 5.91 Å². The van der Waals surface area contributed by atoms with Gasteiger partial charge in [-0.15, -0.1) is 0 Å². The zero-order valence-corrected chi connectivity index (χ0v) is 12.2. The van der Waals surface area contributed by atoms with Gasteiger partial charge < -0.3 is 15.8 Å². The first-order valence-electron chi connectivity index (χ1n) is 6.41. The molecule has 0 saturated heterocycles. The Bertz CT molecular complexity index is 422. The maximum Gasteiger partial charge on any atom is 0.226 e. The van der Waals surface area contributed by atoms with Gasteiger partial charge in [0.25, 0.3) is 0 Å². The zero-order valence-electron chi connectivity index (χ0n) is 11.4. The van der Waals surface area contributed by atoms with Crippen molar-refractivity contribution in [1.29, 1.82) is 0 Å². The van der Waals surface area contributed by atoms with E-state index in [1.165, 1.54) is 0 Å². The number of amides is 1. The van der Waals surface area contributed by atoms with Crippen LogP contribution in [0.25, 0.3) is 0 Å². The lowest BCUT2D eigenvalue weighted by atomic mass is 10.1. The standard InChI is InChI=1S/C14H21ClN2O2/c1-10(2)5-7-19-8-6-14(18)17-13-9-11(15)3-4-12(13)16/h3-4,9-10H,5-8,16H2,1-2H3,(H,17,18). The molecule has 0 bridgehead atoms. The fourth-order valence-corrected chi connectivity index (χ4v) is 1.61. The van der Waals surface area contributed by atoms with Crippen molar-refractivity contribution in [3.8, 4) is 0 Å². The molecule has 1 aromatic carbocycles. The number of nitrogen functional groups attached to an aromatic ring is 1. The normalized spacial score (nSPS) is 10.7. The van der Waals surface area contributed by atoms with Crippen molar-refractivity contribution in [3.63, 3.8) is 0 Å². The van der Waals surface area contributed by atoms with E-state index in [-0.39, 0.29) is 5.91 Å². The molecule has 0 aliphatic carbocycles. The zero-order chi connectivity index (χ0) is 14.3. The topological polar surface area (TPSA) is 64.3 Å². The Morgan fingerprint density at radius 1 is 1.42 bits per heavy atom. The van der Waals surface area contributed by atoms with Crippen LogP contribution >= 0.6 is 11.6 Å². The SMILES string of the molecule is CC(C)CCOCCC(=O)Nc1cc(Cl)ccc1N. The number of hydrogen-bond donors (Lipinski definition) is 2. The number of hydrogen-bond acceptors (Lipinski definition) is 3. The van der Waals surface area contributed by atoms with Gasteiger partial charge in [-0.1, -0.05) is 25.4 Å². The van der Waals surface area contributed by atoms with E-state index in [9.17, 15) is 4.79 Å². The van der Waals surface area contributed by atoms with E-state index >= 15 is 0 Å².